The molecule has 2 aromatic rings. The van der Waals surface area contributed by atoms with Crippen LogP contribution in [-0.2, 0) is 4.74 Å². The van der Waals surface area contributed by atoms with Crippen LogP contribution in [0.25, 0.3) is 10.8 Å². The topological polar surface area (TPSA) is 64.4 Å². The molecule has 96 valence electrons. The lowest BCUT2D eigenvalue weighted by atomic mass is 10.2. The minimum atomic E-state index is -0.660. The summed E-state index contributed by atoms with van der Waals surface area (Å²) < 4.78 is 6.19. The predicted molar refractivity (Wildman–Crippen MR) is 68.0 cm³/mol. The van der Waals surface area contributed by atoms with Crippen molar-refractivity contribution < 1.29 is 14.6 Å². The highest BCUT2D eigenvalue weighted by molar-refractivity contribution is 6.34. The number of pyridine rings is 1. The number of nitrogens with zero attached hydrogens (tertiary/aromatic N) is 2. The van der Waals surface area contributed by atoms with Crippen LogP contribution < -0.4 is 0 Å². The minimum Gasteiger partial charge on any atom is -0.494 e. The van der Waals surface area contributed by atoms with E-state index >= 15 is 0 Å². The molecule has 5 nitrogen and oxygen atoms in total. The van der Waals surface area contributed by atoms with Gasteiger partial charge in [-0.1, -0.05) is 11.6 Å². The third-order valence-corrected chi connectivity index (χ3v) is 2.53. The molecule has 0 fully saturated rings. The maximum atomic E-state index is 11.9. The monoisotopic (exact) mass is 268 g/mol. The molecule has 2 rings (SSSR count). The first-order chi connectivity index (χ1) is 8.29. The first kappa shape index (κ1) is 12.7. The Morgan fingerprint density at radius 3 is 2.72 bits per heavy atom. The van der Waals surface area contributed by atoms with Gasteiger partial charge in [0.15, 0.2) is 0 Å². The van der Waals surface area contributed by atoms with E-state index in [1.807, 2.05) is 0 Å². The van der Waals surface area contributed by atoms with Gasteiger partial charge in [0.25, 0.3) is 0 Å². The first-order valence-electron chi connectivity index (χ1n) is 5.37. The first-order valence-corrected chi connectivity index (χ1v) is 5.75. The molecule has 0 atom stereocenters. The number of halogens is 1. The molecule has 0 aliphatic carbocycles. The van der Waals surface area contributed by atoms with E-state index in [0.29, 0.717) is 10.8 Å². The van der Waals surface area contributed by atoms with E-state index in [4.69, 9.17) is 16.3 Å². The number of hydrogen-bond donors (Lipinski definition) is 1. The number of ether oxygens (including phenoxy) is 1. The second-order valence-corrected chi connectivity index (χ2v) is 5.23. The van der Waals surface area contributed by atoms with E-state index in [0.717, 1.165) is 4.57 Å². The number of rotatable bonds is 0. The number of fused-ring (bicyclic) bond motifs is 1. The van der Waals surface area contributed by atoms with Crippen LogP contribution in [0.2, 0.25) is 5.15 Å². The van der Waals surface area contributed by atoms with E-state index in [-0.39, 0.29) is 11.0 Å². The molecule has 0 saturated carbocycles. The van der Waals surface area contributed by atoms with Crippen LogP contribution in [0.5, 0.6) is 5.88 Å². The molecule has 0 aliphatic heterocycles. The molecule has 6 heteroatoms. The van der Waals surface area contributed by atoms with E-state index in [1.165, 1.54) is 12.4 Å². The fourth-order valence-corrected chi connectivity index (χ4v) is 1.80. The molecule has 0 radical (unpaired) electrons. The van der Waals surface area contributed by atoms with Crippen molar-refractivity contribution in [1.29, 1.82) is 0 Å². The summed E-state index contributed by atoms with van der Waals surface area (Å²) in [6, 6.07) is 1.65. The lowest BCUT2D eigenvalue weighted by molar-refractivity contribution is 0.0526. The minimum absolute atomic E-state index is 0.146. The van der Waals surface area contributed by atoms with Crippen LogP contribution in [0, 0.1) is 0 Å². The van der Waals surface area contributed by atoms with Gasteiger partial charge in [0.2, 0.25) is 5.88 Å². The molecule has 0 aromatic carbocycles. The number of carbonyl (C=O) groups is 1. The summed E-state index contributed by atoms with van der Waals surface area (Å²) in [4.78, 5) is 15.7. The molecular formula is C12H13ClN2O3. The van der Waals surface area contributed by atoms with Crippen molar-refractivity contribution >= 4 is 28.5 Å². The van der Waals surface area contributed by atoms with Crippen molar-refractivity contribution in [1.82, 2.24) is 9.55 Å². The summed E-state index contributed by atoms with van der Waals surface area (Å²) in [7, 11) is 0. The van der Waals surface area contributed by atoms with Crippen molar-refractivity contribution in [2.24, 2.45) is 0 Å². The largest absolute Gasteiger partial charge is 0.494 e. The Bertz CT molecular complexity index is 614. The van der Waals surface area contributed by atoms with Crippen molar-refractivity contribution in [3.63, 3.8) is 0 Å². The van der Waals surface area contributed by atoms with Gasteiger partial charge in [-0.3, -0.25) is 0 Å². The van der Waals surface area contributed by atoms with Crippen molar-refractivity contribution in [3.8, 4) is 5.88 Å². The average molecular weight is 269 g/mol. The fraction of sp³-hybridized carbons (Fsp3) is 0.333. The number of hydrogen-bond acceptors (Lipinski definition) is 4. The van der Waals surface area contributed by atoms with Gasteiger partial charge >= 0.3 is 6.09 Å². The molecular weight excluding hydrogens is 256 g/mol. The summed E-state index contributed by atoms with van der Waals surface area (Å²) in [5.41, 5.74) is -0.637. The van der Waals surface area contributed by atoms with Crippen LogP contribution in [-0.4, -0.2) is 26.4 Å². The molecule has 18 heavy (non-hydrogen) atoms. The quantitative estimate of drug-likeness (QED) is 0.745. The fourth-order valence-electron chi connectivity index (χ4n) is 1.55. The zero-order chi connectivity index (χ0) is 13.5. The highest BCUT2D eigenvalue weighted by Crippen LogP contribution is 2.32. The van der Waals surface area contributed by atoms with Gasteiger partial charge in [-0.15, -0.1) is 0 Å². The SMILES string of the molecule is CC(C)(C)OC(=O)n1cc2ccnc(Cl)c2c1O. The van der Waals surface area contributed by atoms with Gasteiger partial charge in [0.05, 0.1) is 5.39 Å². The van der Waals surface area contributed by atoms with Gasteiger partial charge in [-0.25, -0.2) is 14.3 Å². The molecule has 2 heterocycles. The van der Waals surface area contributed by atoms with Crippen molar-refractivity contribution in [3.05, 3.63) is 23.6 Å². The second-order valence-electron chi connectivity index (χ2n) is 4.87. The molecule has 0 spiro atoms. The highest BCUT2D eigenvalue weighted by atomic mass is 35.5. The van der Waals surface area contributed by atoms with Gasteiger partial charge in [-0.05, 0) is 26.8 Å². The number of carbonyl (C=O) groups excluding carboxylic acids is 1. The van der Waals surface area contributed by atoms with Crippen LogP contribution in [0.4, 0.5) is 4.79 Å². The van der Waals surface area contributed by atoms with Crippen LogP contribution >= 0.6 is 11.6 Å². The lowest BCUT2D eigenvalue weighted by Crippen LogP contribution is -2.26. The Morgan fingerprint density at radius 1 is 1.50 bits per heavy atom. The Balaban J connectivity index is 2.50. The standard InChI is InChI=1S/C12H13ClN2O3/c1-12(2,3)18-11(17)15-6-7-4-5-14-9(13)8(7)10(15)16/h4-6,16H,1-3H3. The van der Waals surface area contributed by atoms with Gasteiger partial charge < -0.3 is 9.84 Å². The van der Waals surface area contributed by atoms with Crippen LogP contribution in [0.1, 0.15) is 20.8 Å². The molecule has 0 unspecified atom stereocenters. The average Bonchev–Trinajstić information content (AvgIpc) is 2.55. The lowest BCUT2D eigenvalue weighted by Gasteiger charge is -2.19. The highest BCUT2D eigenvalue weighted by Gasteiger charge is 2.22. The van der Waals surface area contributed by atoms with E-state index in [1.54, 1.807) is 26.8 Å². The second kappa shape index (κ2) is 4.17. The Kier molecular flexibility index (Phi) is 2.94. The van der Waals surface area contributed by atoms with Crippen LogP contribution in [0.3, 0.4) is 0 Å². The van der Waals surface area contributed by atoms with Gasteiger partial charge in [0, 0.05) is 17.8 Å². The predicted octanol–water partition coefficient (Wildman–Crippen LogP) is 3.18. The number of aromatic hydroxyl groups is 1. The Morgan fingerprint density at radius 2 is 2.17 bits per heavy atom. The molecule has 0 aliphatic rings. The molecule has 2 aromatic heterocycles. The third kappa shape index (κ3) is 2.26. The zero-order valence-electron chi connectivity index (χ0n) is 10.3. The van der Waals surface area contributed by atoms with Crippen molar-refractivity contribution in [2.75, 3.05) is 0 Å². The normalized spacial score (nSPS) is 11.8. The van der Waals surface area contributed by atoms with Crippen LogP contribution in [0.15, 0.2) is 18.5 Å². The zero-order valence-corrected chi connectivity index (χ0v) is 11.0. The molecule has 1 N–H and O–H groups in total. The van der Waals surface area contributed by atoms with E-state index in [9.17, 15) is 9.90 Å². The molecule has 0 bridgehead atoms. The summed E-state index contributed by atoms with van der Waals surface area (Å²) in [6.45, 7) is 5.25. The Labute approximate surface area is 109 Å². The molecule has 0 amide bonds. The summed E-state index contributed by atoms with van der Waals surface area (Å²) in [5.74, 6) is -0.266. The maximum Gasteiger partial charge on any atom is 0.421 e. The Hall–Kier alpha value is -1.75. The summed E-state index contributed by atoms with van der Waals surface area (Å²) in [5, 5.41) is 11.1. The summed E-state index contributed by atoms with van der Waals surface area (Å²) in [6.07, 6.45) is 2.31. The maximum absolute atomic E-state index is 11.9. The third-order valence-electron chi connectivity index (χ3n) is 2.25. The van der Waals surface area contributed by atoms with Gasteiger partial charge in [-0.2, -0.15) is 0 Å². The summed E-state index contributed by atoms with van der Waals surface area (Å²) >= 11 is 5.88. The van der Waals surface area contributed by atoms with E-state index in [2.05, 4.69) is 4.98 Å². The smallest absolute Gasteiger partial charge is 0.421 e. The molecule has 0 saturated heterocycles. The van der Waals surface area contributed by atoms with Gasteiger partial charge in [0.1, 0.15) is 10.8 Å². The van der Waals surface area contributed by atoms with Crippen molar-refractivity contribution in [2.45, 2.75) is 26.4 Å². The number of aromatic nitrogens is 2. The van der Waals surface area contributed by atoms with E-state index < -0.39 is 11.7 Å².